The normalized spacial score (nSPS) is 5.85. The number of hydrogen-bond donors (Lipinski definition) is 0. The molecule has 0 bridgehead atoms. The van der Waals surface area contributed by atoms with Crippen LogP contribution in [0.3, 0.4) is 0 Å². The highest BCUT2D eigenvalue weighted by molar-refractivity contribution is 4.89. The molecule has 0 saturated heterocycles. The summed E-state index contributed by atoms with van der Waals surface area (Å²) in [6.07, 6.45) is 4.17. The fourth-order valence-electron chi connectivity index (χ4n) is 0. The monoisotopic (exact) mass is 189 g/mol. The van der Waals surface area contributed by atoms with Crippen LogP contribution in [0.1, 0.15) is 64.2 Å². The van der Waals surface area contributed by atoms with Crippen LogP contribution in [0.5, 0.6) is 0 Å². The molecule has 13 heavy (non-hydrogen) atoms. The van der Waals surface area contributed by atoms with Gasteiger partial charge in [-0.05, 0) is 41.5 Å². The van der Waals surface area contributed by atoms with Gasteiger partial charge in [-0.25, -0.2) is 0 Å². The van der Waals surface area contributed by atoms with E-state index in [-0.39, 0.29) is 8.85 Å². The molecule has 0 aromatic rings. The summed E-state index contributed by atoms with van der Waals surface area (Å²) in [5.74, 6) is 0. The van der Waals surface area contributed by atoms with E-state index in [0.29, 0.717) is 0 Å². The van der Waals surface area contributed by atoms with E-state index in [4.69, 9.17) is 0 Å². The SMILES string of the molecule is C.CC.CC=C(C)C.CC=C(C)C.[2HH]. The maximum absolute atomic E-state index is 2.08. The van der Waals surface area contributed by atoms with Crippen molar-refractivity contribution in [1.82, 2.24) is 0 Å². The van der Waals surface area contributed by atoms with Crippen molar-refractivity contribution in [3.8, 4) is 0 Å². The Morgan fingerprint density at radius 2 is 0.846 bits per heavy atom. The van der Waals surface area contributed by atoms with Crippen LogP contribution in [0.15, 0.2) is 23.3 Å². The fraction of sp³-hybridized carbons (Fsp3) is 0.692. The Labute approximate surface area is 88.2 Å². The van der Waals surface area contributed by atoms with E-state index in [0.717, 1.165) is 0 Å². The van der Waals surface area contributed by atoms with Crippen LogP contribution in [0.2, 0.25) is 0 Å². The molecular weight excluding hydrogens is 156 g/mol. The highest BCUT2D eigenvalue weighted by atomic mass is 13.7. The minimum atomic E-state index is 0. The number of allylic oxidation sites excluding steroid dienone is 4. The Bertz CT molecular complexity index is 97.2. The Morgan fingerprint density at radius 3 is 0.846 bits per heavy atom. The third-order valence-electron chi connectivity index (χ3n) is 1.15. The standard InChI is InChI=1S/2C5H10.C2H6.CH4.H2/c2*1-4-5(2)3;1-2;;/h2*4H,1-3H3;1-2H3;1H4;1H/i;;;;1+1. The van der Waals surface area contributed by atoms with E-state index >= 15 is 0 Å². The average Bonchev–Trinajstić information content (AvgIpc) is 2.09. The first-order valence-corrected chi connectivity index (χ1v) is 4.73. The van der Waals surface area contributed by atoms with Crippen molar-refractivity contribution < 1.29 is 1.43 Å². The third kappa shape index (κ3) is 85.2. The van der Waals surface area contributed by atoms with E-state index in [2.05, 4.69) is 39.8 Å². The summed E-state index contributed by atoms with van der Waals surface area (Å²) in [5.41, 5.74) is 2.76. The lowest BCUT2D eigenvalue weighted by Crippen LogP contribution is -1.52. The second-order valence-corrected chi connectivity index (χ2v) is 2.73. The van der Waals surface area contributed by atoms with E-state index in [9.17, 15) is 0 Å². The van der Waals surface area contributed by atoms with Gasteiger partial charge < -0.3 is 0 Å². The molecule has 0 rings (SSSR count). The van der Waals surface area contributed by atoms with E-state index in [1.807, 2.05) is 27.7 Å². The summed E-state index contributed by atoms with van der Waals surface area (Å²) in [7, 11) is 0. The summed E-state index contributed by atoms with van der Waals surface area (Å²) in [6.45, 7) is 16.4. The fourth-order valence-corrected chi connectivity index (χ4v) is 0. The number of rotatable bonds is 0. The van der Waals surface area contributed by atoms with Gasteiger partial charge in [0.25, 0.3) is 0 Å². The molecule has 0 radical (unpaired) electrons. The zero-order valence-corrected chi connectivity index (χ0v) is 10.2. The second kappa shape index (κ2) is 22.5. The smallest absolute Gasteiger partial charge is 0 e. The summed E-state index contributed by atoms with van der Waals surface area (Å²) in [4.78, 5) is 0. The van der Waals surface area contributed by atoms with Crippen molar-refractivity contribution in [1.29, 1.82) is 0 Å². The largest absolute Gasteiger partial charge is 0.0890 e. The highest BCUT2D eigenvalue weighted by Gasteiger charge is 1.61. The van der Waals surface area contributed by atoms with Gasteiger partial charge >= 0.3 is 0 Å². The molecule has 0 N–H and O–H groups in total. The van der Waals surface area contributed by atoms with Crippen LogP contribution in [-0.4, -0.2) is 0 Å². The van der Waals surface area contributed by atoms with Gasteiger partial charge in [0.05, 0.1) is 0 Å². The van der Waals surface area contributed by atoms with Crippen molar-refractivity contribution in [3.63, 3.8) is 0 Å². The molecule has 0 aliphatic heterocycles. The maximum atomic E-state index is 2.08. The quantitative estimate of drug-likeness (QED) is 0.419. The molecule has 0 heterocycles. The van der Waals surface area contributed by atoms with Gasteiger partial charge in [0, 0.05) is 1.43 Å². The van der Waals surface area contributed by atoms with Gasteiger partial charge in [0.2, 0.25) is 0 Å². The Kier molecular flexibility index (Phi) is 39.6. The van der Waals surface area contributed by atoms with Gasteiger partial charge in [0.15, 0.2) is 0 Å². The van der Waals surface area contributed by atoms with E-state index in [1.54, 1.807) is 0 Å². The predicted molar refractivity (Wildman–Crippen MR) is 70.4 cm³/mol. The number of hydrogen-bond acceptors (Lipinski definition) is 0. The Balaban J connectivity index is -0.0000000292. The van der Waals surface area contributed by atoms with Crippen molar-refractivity contribution in [2.75, 3.05) is 0 Å². The minimum Gasteiger partial charge on any atom is -0.0890 e. The predicted octanol–water partition coefficient (Wildman–Crippen LogP) is 5.85. The van der Waals surface area contributed by atoms with Crippen molar-refractivity contribution in [2.24, 2.45) is 0 Å². The molecule has 0 aromatic heterocycles. The molecule has 84 valence electrons. The van der Waals surface area contributed by atoms with Crippen LogP contribution in [0.4, 0.5) is 0 Å². The van der Waals surface area contributed by atoms with Gasteiger partial charge in [-0.2, -0.15) is 0 Å². The van der Waals surface area contributed by atoms with Gasteiger partial charge in [-0.15, -0.1) is 0 Å². The lowest BCUT2D eigenvalue weighted by Gasteiger charge is -1.74. The molecule has 0 saturated carbocycles. The average molecular weight is 189 g/mol. The van der Waals surface area contributed by atoms with Crippen molar-refractivity contribution in [2.45, 2.75) is 62.8 Å². The first-order valence-electron chi connectivity index (χ1n) is 4.73. The van der Waals surface area contributed by atoms with Crippen molar-refractivity contribution in [3.05, 3.63) is 23.3 Å². The van der Waals surface area contributed by atoms with Crippen LogP contribution in [-0.2, 0) is 0 Å². The molecule has 0 heteroatoms. The summed E-state index contributed by atoms with van der Waals surface area (Å²) in [5, 5.41) is 0. The molecule has 0 aliphatic rings. The summed E-state index contributed by atoms with van der Waals surface area (Å²) < 4.78 is 0. The molecule has 0 spiro atoms. The molecule has 0 nitrogen and oxygen atoms in total. The minimum absolute atomic E-state index is 0. The molecule has 0 fully saturated rings. The lowest BCUT2D eigenvalue weighted by atomic mass is 10.3. The molecule has 0 aromatic carbocycles. The zero-order chi connectivity index (χ0) is 10.6. The maximum Gasteiger partial charge on any atom is 0 e. The van der Waals surface area contributed by atoms with Gasteiger partial charge in [-0.1, -0.05) is 44.6 Å². The third-order valence-corrected chi connectivity index (χ3v) is 1.15. The van der Waals surface area contributed by atoms with Gasteiger partial charge in [-0.3, -0.25) is 0 Å². The molecule has 0 aliphatic carbocycles. The topological polar surface area (TPSA) is 0 Å². The van der Waals surface area contributed by atoms with Crippen molar-refractivity contribution >= 4 is 0 Å². The zero-order valence-electron chi connectivity index (χ0n) is 10.2. The molecule has 0 amide bonds. The Hall–Kier alpha value is -0.520. The lowest BCUT2D eigenvalue weighted by molar-refractivity contribution is 1.36. The molecule has 0 unspecified atom stereocenters. The van der Waals surface area contributed by atoms with E-state index in [1.165, 1.54) is 11.1 Å². The first kappa shape index (κ1) is 22.9. The van der Waals surface area contributed by atoms with Crippen LogP contribution in [0.25, 0.3) is 0 Å². The molecule has 0 atom stereocenters. The van der Waals surface area contributed by atoms with Crippen LogP contribution in [0, 0.1) is 0 Å². The van der Waals surface area contributed by atoms with E-state index < -0.39 is 0 Å². The Morgan fingerprint density at radius 1 is 0.769 bits per heavy atom. The first-order chi connectivity index (χ1) is 5.54. The highest BCUT2D eigenvalue weighted by Crippen LogP contribution is 1.82. The molecular formula is C13H32. The van der Waals surface area contributed by atoms with Crippen LogP contribution >= 0.6 is 0 Å². The van der Waals surface area contributed by atoms with Gasteiger partial charge in [0.1, 0.15) is 0 Å². The summed E-state index contributed by atoms with van der Waals surface area (Å²) >= 11 is 0. The van der Waals surface area contributed by atoms with Crippen LogP contribution < -0.4 is 0 Å². The summed E-state index contributed by atoms with van der Waals surface area (Å²) in [6, 6.07) is 0. The second-order valence-electron chi connectivity index (χ2n) is 2.73.